The maximum atomic E-state index is 11.9. The van der Waals surface area contributed by atoms with Crippen molar-refractivity contribution >= 4 is 11.7 Å². The summed E-state index contributed by atoms with van der Waals surface area (Å²) >= 11 is 0. The van der Waals surface area contributed by atoms with E-state index in [1.54, 1.807) is 42.5 Å². The van der Waals surface area contributed by atoms with E-state index in [9.17, 15) is 9.90 Å². The molecule has 0 aliphatic heterocycles. The number of anilines is 1. The lowest BCUT2D eigenvalue weighted by atomic mass is 10.1. The van der Waals surface area contributed by atoms with Crippen LogP contribution in [0.3, 0.4) is 0 Å². The number of carbonyl (C=O) groups is 1. The number of hydrogen-bond acceptors (Lipinski definition) is 6. The van der Waals surface area contributed by atoms with Gasteiger partial charge in [0.05, 0.1) is 31.5 Å². The molecule has 0 fully saturated rings. The van der Waals surface area contributed by atoms with Gasteiger partial charge in [-0.1, -0.05) is 24.3 Å². The van der Waals surface area contributed by atoms with Gasteiger partial charge in [-0.25, -0.2) is 4.79 Å². The Morgan fingerprint density at radius 3 is 2.36 bits per heavy atom. The van der Waals surface area contributed by atoms with E-state index >= 15 is 0 Å². The first-order valence-corrected chi connectivity index (χ1v) is 10.7. The summed E-state index contributed by atoms with van der Waals surface area (Å²) in [6.07, 6.45) is 0.681. The van der Waals surface area contributed by atoms with Gasteiger partial charge >= 0.3 is 5.97 Å². The molecule has 3 aromatic carbocycles. The summed E-state index contributed by atoms with van der Waals surface area (Å²) in [6.45, 7) is 3.21. The second-order valence-electron chi connectivity index (χ2n) is 7.11. The molecule has 0 amide bonds. The molecule has 3 rings (SSSR count). The van der Waals surface area contributed by atoms with Gasteiger partial charge in [0.25, 0.3) is 0 Å². The van der Waals surface area contributed by atoms with Gasteiger partial charge in [0.15, 0.2) is 17.5 Å². The van der Waals surface area contributed by atoms with Gasteiger partial charge in [0, 0.05) is 12.1 Å². The van der Waals surface area contributed by atoms with Gasteiger partial charge in [0.1, 0.15) is 5.75 Å². The van der Waals surface area contributed by atoms with Crippen molar-refractivity contribution in [2.75, 3.05) is 25.1 Å². The van der Waals surface area contributed by atoms with E-state index in [1.165, 1.54) is 0 Å². The number of hydrogen-bond donors (Lipinski definition) is 2. The van der Waals surface area contributed by atoms with E-state index in [2.05, 4.69) is 5.32 Å². The fourth-order valence-electron chi connectivity index (χ4n) is 3.13. The largest absolute Gasteiger partial charge is 0.493 e. The average molecular weight is 447 g/mol. The van der Waals surface area contributed by atoms with Crippen LogP contribution in [-0.4, -0.2) is 30.9 Å². The molecule has 0 saturated carbocycles. The van der Waals surface area contributed by atoms with Crippen LogP contribution in [0, 0.1) is 11.3 Å². The Kier molecular flexibility index (Phi) is 8.55. The molecule has 1 unspecified atom stereocenters. The molecule has 0 heterocycles. The first-order chi connectivity index (χ1) is 16.1. The second kappa shape index (κ2) is 12.0. The second-order valence-corrected chi connectivity index (χ2v) is 7.11. The highest BCUT2D eigenvalue weighted by Gasteiger charge is 2.21. The molecule has 0 aromatic heterocycles. The van der Waals surface area contributed by atoms with E-state index < -0.39 is 12.0 Å². The highest BCUT2D eigenvalue weighted by atomic mass is 16.5. The standard InChI is InChI=1S/C26H26N2O5/c1-2-31-24-17-20(25(26(29)30)28-21-12-9-19(18-27)10-13-21)11-14-23(24)33-16-6-15-32-22-7-4-3-5-8-22/h3-5,7-14,17,25,28H,2,6,15-16H2,1H3,(H,29,30). The minimum absolute atomic E-state index is 0.414. The smallest absolute Gasteiger partial charge is 0.330 e. The van der Waals surface area contributed by atoms with Gasteiger partial charge in [0.2, 0.25) is 0 Å². The third kappa shape index (κ3) is 6.91. The van der Waals surface area contributed by atoms with Crippen molar-refractivity contribution in [2.24, 2.45) is 0 Å². The first kappa shape index (κ1) is 23.5. The summed E-state index contributed by atoms with van der Waals surface area (Å²) in [7, 11) is 0. The molecular formula is C26H26N2O5. The molecule has 0 aliphatic carbocycles. The van der Waals surface area contributed by atoms with Crippen LogP contribution in [0.2, 0.25) is 0 Å². The topological polar surface area (TPSA) is 101 Å². The Morgan fingerprint density at radius 1 is 0.970 bits per heavy atom. The Bertz CT molecular complexity index is 1080. The van der Waals surface area contributed by atoms with Crippen LogP contribution in [0.5, 0.6) is 17.2 Å². The molecule has 0 bridgehead atoms. The number of para-hydroxylation sites is 1. The molecular weight excluding hydrogens is 420 g/mol. The van der Waals surface area contributed by atoms with Crippen molar-refractivity contribution in [1.82, 2.24) is 0 Å². The predicted molar refractivity (Wildman–Crippen MR) is 125 cm³/mol. The highest BCUT2D eigenvalue weighted by Crippen LogP contribution is 2.32. The van der Waals surface area contributed by atoms with Crippen molar-refractivity contribution in [3.05, 3.63) is 83.9 Å². The van der Waals surface area contributed by atoms with Crippen LogP contribution in [0.25, 0.3) is 0 Å². The Balaban J connectivity index is 1.64. The van der Waals surface area contributed by atoms with Gasteiger partial charge in [-0.2, -0.15) is 5.26 Å². The number of rotatable bonds is 12. The average Bonchev–Trinajstić information content (AvgIpc) is 2.84. The lowest BCUT2D eigenvalue weighted by Gasteiger charge is -2.19. The SMILES string of the molecule is CCOc1cc(C(Nc2ccc(C#N)cc2)C(=O)O)ccc1OCCCOc1ccccc1. The zero-order chi connectivity index (χ0) is 23.5. The third-order valence-electron chi connectivity index (χ3n) is 4.73. The van der Waals surface area contributed by atoms with Crippen molar-refractivity contribution in [3.8, 4) is 23.3 Å². The van der Waals surface area contributed by atoms with Crippen LogP contribution in [0.1, 0.15) is 30.5 Å². The molecule has 0 spiro atoms. The number of nitriles is 1. The molecule has 33 heavy (non-hydrogen) atoms. The minimum Gasteiger partial charge on any atom is -0.493 e. The monoisotopic (exact) mass is 446 g/mol. The number of aliphatic carboxylic acids is 1. The number of nitrogens with one attached hydrogen (secondary N) is 1. The Hall–Kier alpha value is -4.18. The van der Waals surface area contributed by atoms with Gasteiger partial charge in [-0.05, 0) is 61.0 Å². The van der Waals surface area contributed by atoms with Gasteiger partial charge in [-0.15, -0.1) is 0 Å². The van der Waals surface area contributed by atoms with E-state index in [4.69, 9.17) is 19.5 Å². The van der Waals surface area contributed by atoms with Gasteiger partial charge in [-0.3, -0.25) is 0 Å². The molecule has 0 aliphatic rings. The van der Waals surface area contributed by atoms with Gasteiger partial charge < -0.3 is 24.6 Å². The van der Waals surface area contributed by atoms with Crippen molar-refractivity contribution in [2.45, 2.75) is 19.4 Å². The van der Waals surface area contributed by atoms with E-state index in [1.807, 2.05) is 43.3 Å². The summed E-state index contributed by atoms with van der Waals surface area (Å²) in [5, 5.41) is 21.7. The zero-order valence-electron chi connectivity index (χ0n) is 18.4. The Morgan fingerprint density at radius 2 is 1.70 bits per heavy atom. The van der Waals surface area contributed by atoms with Crippen molar-refractivity contribution in [3.63, 3.8) is 0 Å². The molecule has 3 aromatic rings. The molecule has 7 heteroatoms. The lowest BCUT2D eigenvalue weighted by Crippen LogP contribution is -2.20. The fourth-order valence-corrected chi connectivity index (χ4v) is 3.13. The predicted octanol–water partition coefficient (Wildman–Crippen LogP) is 5.04. The van der Waals surface area contributed by atoms with Crippen LogP contribution in [0.4, 0.5) is 5.69 Å². The molecule has 2 N–H and O–H groups in total. The zero-order valence-corrected chi connectivity index (χ0v) is 18.4. The lowest BCUT2D eigenvalue weighted by molar-refractivity contribution is -0.138. The van der Waals surface area contributed by atoms with Crippen LogP contribution in [-0.2, 0) is 4.79 Å². The van der Waals surface area contributed by atoms with Crippen LogP contribution < -0.4 is 19.5 Å². The quantitative estimate of drug-likeness (QED) is 0.376. The van der Waals surface area contributed by atoms with E-state index in [0.717, 1.165) is 5.75 Å². The molecule has 1 atom stereocenters. The van der Waals surface area contributed by atoms with E-state index in [0.29, 0.717) is 54.6 Å². The van der Waals surface area contributed by atoms with Crippen molar-refractivity contribution < 1.29 is 24.1 Å². The third-order valence-corrected chi connectivity index (χ3v) is 4.73. The molecule has 0 saturated heterocycles. The number of ether oxygens (including phenoxy) is 3. The maximum absolute atomic E-state index is 11.9. The summed E-state index contributed by atoms with van der Waals surface area (Å²) in [6, 6.07) is 22.3. The van der Waals surface area contributed by atoms with Crippen LogP contribution in [0.15, 0.2) is 72.8 Å². The number of nitrogens with zero attached hydrogens (tertiary/aromatic N) is 1. The summed E-state index contributed by atoms with van der Waals surface area (Å²) < 4.78 is 17.2. The van der Waals surface area contributed by atoms with E-state index in [-0.39, 0.29) is 0 Å². The normalized spacial score (nSPS) is 11.2. The maximum Gasteiger partial charge on any atom is 0.330 e. The number of benzene rings is 3. The van der Waals surface area contributed by atoms with Crippen LogP contribution >= 0.6 is 0 Å². The molecule has 7 nitrogen and oxygen atoms in total. The first-order valence-electron chi connectivity index (χ1n) is 10.7. The number of carboxylic acids is 1. The fraction of sp³-hybridized carbons (Fsp3) is 0.231. The highest BCUT2D eigenvalue weighted by molar-refractivity contribution is 5.79. The molecule has 0 radical (unpaired) electrons. The summed E-state index contributed by atoms with van der Waals surface area (Å²) in [5.41, 5.74) is 1.62. The minimum atomic E-state index is -1.03. The Labute approximate surface area is 193 Å². The summed E-state index contributed by atoms with van der Waals surface area (Å²) in [4.78, 5) is 11.9. The number of carboxylic acid groups (broad SMARTS) is 1. The van der Waals surface area contributed by atoms with Crippen molar-refractivity contribution in [1.29, 1.82) is 5.26 Å². The summed E-state index contributed by atoms with van der Waals surface area (Å²) in [5.74, 6) is 0.801. The molecule has 170 valence electrons.